The predicted octanol–water partition coefficient (Wildman–Crippen LogP) is 4.09. The van der Waals surface area contributed by atoms with E-state index in [0.29, 0.717) is 26.2 Å². The summed E-state index contributed by atoms with van der Waals surface area (Å²) in [4.78, 5) is 32.4. The molecule has 1 unspecified atom stereocenters. The molecular weight excluding hydrogens is 440 g/mol. The van der Waals surface area contributed by atoms with Gasteiger partial charge in [0.05, 0.1) is 18.7 Å². The number of H-pyrrole nitrogens is 1. The number of nitrogens with one attached hydrogen (secondary N) is 2. The second-order valence-corrected chi connectivity index (χ2v) is 9.72. The lowest BCUT2D eigenvalue weighted by Gasteiger charge is -2.41. The van der Waals surface area contributed by atoms with E-state index >= 15 is 0 Å². The number of rotatable bonds is 7. The summed E-state index contributed by atoms with van der Waals surface area (Å²) < 4.78 is 5.77. The average molecular weight is 477 g/mol. The maximum absolute atomic E-state index is 12.9. The molecule has 186 valence electrons. The molecule has 2 heterocycles. The van der Waals surface area contributed by atoms with Gasteiger partial charge >= 0.3 is 0 Å². The fourth-order valence-corrected chi connectivity index (χ4v) is 4.71. The van der Waals surface area contributed by atoms with E-state index in [-0.39, 0.29) is 30.5 Å². The van der Waals surface area contributed by atoms with Gasteiger partial charge in [0.25, 0.3) is 0 Å². The molecule has 7 heteroatoms. The SMILES string of the molecule is CC(=O)N1CCN(CC(=O)NCc2ccc3[nH]c(C)c(C)c3c2)C(c2ccc(OC(C)C)cc2)C1. The van der Waals surface area contributed by atoms with Gasteiger partial charge in [0.2, 0.25) is 11.8 Å². The Morgan fingerprint density at radius 3 is 2.54 bits per heavy atom. The second-order valence-electron chi connectivity index (χ2n) is 9.72. The molecule has 2 aromatic carbocycles. The fraction of sp³-hybridized carbons (Fsp3) is 0.429. The predicted molar refractivity (Wildman–Crippen MR) is 138 cm³/mol. The van der Waals surface area contributed by atoms with Crippen molar-refractivity contribution in [1.82, 2.24) is 20.1 Å². The van der Waals surface area contributed by atoms with Crippen LogP contribution in [0.15, 0.2) is 42.5 Å². The van der Waals surface area contributed by atoms with E-state index in [4.69, 9.17) is 4.74 Å². The van der Waals surface area contributed by atoms with Crippen LogP contribution in [0.5, 0.6) is 5.75 Å². The number of hydrogen-bond donors (Lipinski definition) is 2. The molecule has 1 aliphatic rings. The number of ether oxygens (including phenoxy) is 1. The van der Waals surface area contributed by atoms with E-state index in [0.717, 1.165) is 22.4 Å². The third-order valence-electron chi connectivity index (χ3n) is 6.78. The molecule has 1 aromatic heterocycles. The normalized spacial score (nSPS) is 16.6. The van der Waals surface area contributed by atoms with E-state index in [1.807, 2.05) is 49.1 Å². The number of fused-ring (bicyclic) bond motifs is 1. The third-order valence-corrected chi connectivity index (χ3v) is 6.78. The molecule has 7 nitrogen and oxygen atoms in total. The number of aromatic amines is 1. The standard InChI is InChI=1S/C28H36N4O3/c1-18(2)35-24-9-7-23(8-10-24)27-16-31(21(5)33)12-13-32(27)17-28(34)29-15-22-6-11-26-25(14-22)19(3)20(4)30-26/h6-11,14,18,27,30H,12-13,15-17H2,1-5H3,(H,29,34). The summed E-state index contributed by atoms with van der Waals surface area (Å²) in [5, 5.41) is 4.28. The van der Waals surface area contributed by atoms with Crippen molar-refractivity contribution in [2.24, 2.45) is 0 Å². The zero-order chi connectivity index (χ0) is 25.1. The highest BCUT2D eigenvalue weighted by molar-refractivity contribution is 5.85. The lowest BCUT2D eigenvalue weighted by atomic mass is 10.0. The van der Waals surface area contributed by atoms with E-state index in [1.54, 1.807) is 6.92 Å². The van der Waals surface area contributed by atoms with Crippen LogP contribution in [0.4, 0.5) is 0 Å². The summed E-state index contributed by atoms with van der Waals surface area (Å²) in [6, 6.07) is 14.2. The number of piperazine rings is 1. The number of aryl methyl sites for hydroxylation is 2. The van der Waals surface area contributed by atoms with Gasteiger partial charge in [0.1, 0.15) is 5.75 Å². The maximum Gasteiger partial charge on any atom is 0.234 e. The summed E-state index contributed by atoms with van der Waals surface area (Å²) in [6.45, 7) is 12.4. The number of hydrogen-bond acceptors (Lipinski definition) is 4. The van der Waals surface area contributed by atoms with Crippen LogP contribution in [0.3, 0.4) is 0 Å². The Morgan fingerprint density at radius 2 is 1.86 bits per heavy atom. The van der Waals surface area contributed by atoms with Gasteiger partial charge in [-0.05, 0) is 68.7 Å². The average Bonchev–Trinajstić information content (AvgIpc) is 3.11. The quantitative estimate of drug-likeness (QED) is 0.538. The van der Waals surface area contributed by atoms with E-state index in [9.17, 15) is 9.59 Å². The van der Waals surface area contributed by atoms with Crippen LogP contribution < -0.4 is 10.1 Å². The molecule has 1 aliphatic heterocycles. The molecule has 4 rings (SSSR count). The topological polar surface area (TPSA) is 77.7 Å². The van der Waals surface area contributed by atoms with E-state index < -0.39 is 0 Å². The van der Waals surface area contributed by atoms with Crippen LogP contribution in [0.2, 0.25) is 0 Å². The molecule has 1 atom stereocenters. The summed E-state index contributed by atoms with van der Waals surface area (Å²) >= 11 is 0. The zero-order valence-electron chi connectivity index (χ0n) is 21.4. The lowest BCUT2D eigenvalue weighted by Crippen LogP contribution is -2.52. The minimum absolute atomic E-state index is 0.0203. The first-order valence-electron chi connectivity index (χ1n) is 12.3. The smallest absolute Gasteiger partial charge is 0.234 e. The first-order chi connectivity index (χ1) is 16.7. The second kappa shape index (κ2) is 10.5. The van der Waals surface area contributed by atoms with Crippen molar-refractivity contribution in [3.05, 3.63) is 64.8 Å². The number of benzene rings is 2. The Kier molecular flexibility index (Phi) is 7.45. The van der Waals surface area contributed by atoms with Gasteiger partial charge in [-0.1, -0.05) is 18.2 Å². The van der Waals surface area contributed by atoms with Crippen LogP contribution >= 0.6 is 0 Å². The zero-order valence-corrected chi connectivity index (χ0v) is 21.4. The molecule has 0 radical (unpaired) electrons. The largest absolute Gasteiger partial charge is 0.491 e. The van der Waals surface area contributed by atoms with Gasteiger partial charge in [-0.3, -0.25) is 14.5 Å². The van der Waals surface area contributed by atoms with E-state index in [2.05, 4.69) is 41.2 Å². The summed E-state index contributed by atoms with van der Waals surface area (Å²) in [6.07, 6.45) is 0.106. The molecular formula is C28H36N4O3. The number of nitrogens with zero attached hydrogens (tertiary/aromatic N) is 2. The Morgan fingerprint density at radius 1 is 1.11 bits per heavy atom. The number of carbonyl (C=O) groups is 2. The lowest BCUT2D eigenvalue weighted by molar-refractivity contribution is -0.132. The Bertz CT molecular complexity index is 1200. The molecule has 1 fully saturated rings. The highest BCUT2D eigenvalue weighted by Crippen LogP contribution is 2.27. The van der Waals surface area contributed by atoms with Crippen molar-refractivity contribution in [2.75, 3.05) is 26.2 Å². The first kappa shape index (κ1) is 24.8. The highest BCUT2D eigenvalue weighted by Gasteiger charge is 2.30. The summed E-state index contributed by atoms with van der Waals surface area (Å²) in [5.74, 6) is 0.856. The van der Waals surface area contributed by atoms with Crippen molar-refractivity contribution in [3.63, 3.8) is 0 Å². The van der Waals surface area contributed by atoms with Crippen molar-refractivity contribution >= 4 is 22.7 Å². The Hall–Kier alpha value is -3.32. The van der Waals surface area contributed by atoms with Crippen LogP contribution in [0.25, 0.3) is 10.9 Å². The van der Waals surface area contributed by atoms with Gasteiger partial charge in [0, 0.05) is 49.7 Å². The Balaban J connectivity index is 1.43. The molecule has 2 N–H and O–H groups in total. The highest BCUT2D eigenvalue weighted by atomic mass is 16.5. The number of amides is 2. The van der Waals surface area contributed by atoms with Crippen molar-refractivity contribution in [1.29, 1.82) is 0 Å². The molecule has 0 spiro atoms. The number of carbonyl (C=O) groups excluding carboxylic acids is 2. The van der Waals surface area contributed by atoms with Crippen molar-refractivity contribution in [2.45, 2.75) is 53.3 Å². The van der Waals surface area contributed by atoms with Crippen molar-refractivity contribution < 1.29 is 14.3 Å². The van der Waals surface area contributed by atoms with Gasteiger partial charge in [-0.25, -0.2) is 0 Å². The minimum atomic E-state index is -0.0478. The van der Waals surface area contributed by atoms with Crippen LogP contribution in [-0.4, -0.2) is 58.9 Å². The molecule has 3 aromatic rings. The molecule has 0 bridgehead atoms. The summed E-state index contributed by atoms with van der Waals surface area (Å²) in [7, 11) is 0. The fourth-order valence-electron chi connectivity index (χ4n) is 4.71. The molecule has 1 saturated heterocycles. The van der Waals surface area contributed by atoms with Crippen LogP contribution in [0, 0.1) is 13.8 Å². The van der Waals surface area contributed by atoms with Crippen LogP contribution in [-0.2, 0) is 16.1 Å². The summed E-state index contributed by atoms with van der Waals surface area (Å²) in [5.41, 5.74) is 5.67. The van der Waals surface area contributed by atoms with E-state index in [1.165, 1.54) is 16.6 Å². The Labute approximate surface area is 207 Å². The maximum atomic E-state index is 12.9. The van der Waals surface area contributed by atoms with Gasteiger partial charge in [0.15, 0.2) is 0 Å². The van der Waals surface area contributed by atoms with Gasteiger partial charge in [-0.15, -0.1) is 0 Å². The van der Waals surface area contributed by atoms with Crippen molar-refractivity contribution in [3.8, 4) is 5.75 Å². The number of aromatic nitrogens is 1. The monoisotopic (exact) mass is 476 g/mol. The van der Waals surface area contributed by atoms with Gasteiger partial charge < -0.3 is 19.9 Å². The first-order valence-corrected chi connectivity index (χ1v) is 12.3. The van der Waals surface area contributed by atoms with Gasteiger partial charge in [-0.2, -0.15) is 0 Å². The van der Waals surface area contributed by atoms with Crippen LogP contribution in [0.1, 0.15) is 49.2 Å². The minimum Gasteiger partial charge on any atom is -0.491 e. The molecule has 0 aliphatic carbocycles. The third kappa shape index (κ3) is 5.85. The molecule has 35 heavy (non-hydrogen) atoms. The molecule has 0 saturated carbocycles. The molecule has 2 amide bonds.